The van der Waals surface area contributed by atoms with Crippen LogP contribution in [0.25, 0.3) is 0 Å². The lowest BCUT2D eigenvalue weighted by Crippen LogP contribution is -2.21. The molecule has 102 valence electrons. The van der Waals surface area contributed by atoms with Crippen LogP contribution < -0.4 is 5.73 Å². The first-order valence-corrected chi connectivity index (χ1v) is 6.66. The molecule has 2 N–H and O–H groups in total. The zero-order valence-corrected chi connectivity index (χ0v) is 11.6. The van der Waals surface area contributed by atoms with Gasteiger partial charge in [-0.1, -0.05) is 24.6 Å². The summed E-state index contributed by atoms with van der Waals surface area (Å²) in [5.74, 6) is -0.298. The Hall–Kier alpha value is -1.39. The third kappa shape index (κ3) is 3.78. The summed E-state index contributed by atoms with van der Waals surface area (Å²) in [6.07, 6.45) is 5.26. The highest BCUT2D eigenvalue weighted by Gasteiger charge is 2.07. The van der Waals surface area contributed by atoms with Crippen molar-refractivity contribution in [3.8, 4) is 0 Å². The molecule has 0 saturated carbocycles. The van der Waals surface area contributed by atoms with E-state index in [9.17, 15) is 4.39 Å². The number of hydrogen-bond donors (Lipinski definition) is 1. The predicted molar refractivity (Wildman–Crippen MR) is 74.7 cm³/mol. The fourth-order valence-electron chi connectivity index (χ4n) is 1.86. The van der Waals surface area contributed by atoms with Crippen molar-refractivity contribution in [3.63, 3.8) is 0 Å². The first kappa shape index (κ1) is 14.0. The number of nitrogens with two attached hydrogens (primary N) is 1. The molecule has 2 rings (SSSR count). The minimum absolute atomic E-state index is 0.121. The topological polar surface area (TPSA) is 43.8 Å². The van der Waals surface area contributed by atoms with Crippen molar-refractivity contribution in [1.82, 2.24) is 9.55 Å². The van der Waals surface area contributed by atoms with Crippen LogP contribution in [-0.4, -0.2) is 15.6 Å². The molecule has 0 radical (unpaired) electrons. The fraction of sp³-hybridized carbons (Fsp3) is 0.357. The maximum absolute atomic E-state index is 13.7. The lowest BCUT2D eigenvalue weighted by atomic mass is 10.1. The molecule has 0 spiro atoms. The van der Waals surface area contributed by atoms with E-state index in [1.807, 2.05) is 17.7 Å². The van der Waals surface area contributed by atoms with E-state index in [0.717, 1.165) is 18.5 Å². The first-order valence-electron chi connectivity index (χ1n) is 6.28. The lowest BCUT2D eigenvalue weighted by Gasteiger charge is -2.06. The van der Waals surface area contributed by atoms with Gasteiger partial charge in [0.2, 0.25) is 0 Å². The van der Waals surface area contributed by atoms with Crippen molar-refractivity contribution in [1.29, 1.82) is 0 Å². The average Bonchev–Trinajstić information content (AvgIpc) is 2.80. The highest BCUT2D eigenvalue weighted by molar-refractivity contribution is 6.30. The molecule has 0 amide bonds. The van der Waals surface area contributed by atoms with Crippen LogP contribution in [0.15, 0.2) is 30.7 Å². The molecule has 0 aliphatic heterocycles. The van der Waals surface area contributed by atoms with Crippen molar-refractivity contribution in [2.24, 2.45) is 5.73 Å². The molecule has 1 heterocycles. The molecule has 0 fully saturated rings. The third-order valence-electron chi connectivity index (χ3n) is 3.05. The van der Waals surface area contributed by atoms with Crippen molar-refractivity contribution in [2.75, 3.05) is 0 Å². The van der Waals surface area contributed by atoms with Crippen LogP contribution in [0.4, 0.5) is 4.39 Å². The monoisotopic (exact) mass is 281 g/mol. The Bertz CT molecular complexity index is 553. The van der Waals surface area contributed by atoms with Gasteiger partial charge in [-0.05, 0) is 18.6 Å². The molecular weight excluding hydrogens is 265 g/mol. The summed E-state index contributed by atoms with van der Waals surface area (Å²) in [6.45, 7) is 2.49. The first-order chi connectivity index (χ1) is 9.08. The summed E-state index contributed by atoms with van der Waals surface area (Å²) >= 11 is 5.72. The summed E-state index contributed by atoms with van der Waals surface area (Å²) in [5, 5.41) is 0.404. The van der Waals surface area contributed by atoms with Gasteiger partial charge in [-0.3, -0.25) is 0 Å². The Morgan fingerprint density at radius 2 is 2.26 bits per heavy atom. The maximum atomic E-state index is 13.7. The normalized spacial score (nSPS) is 12.6. The highest BCUT2D eigenvalue weighted by atomic mass is 35.5. The summed E-state index contributed by atoms with van der Waals surface area (Å²) in [6, 6.07) is 4.82. The second kappa shape index (κ2) is 6.17. The van der Waals surface area contributed by atoms with Gasteiger partial charge in [0.05, 0.1) is 18.6 Å². The van der Waals surface area contributed by atoms with Crippen LogP contribution in [0.2, 0.25) is 5.02 Å². The van der Waals surface area contributed by atoms with E-state index < -0.39 is 0 Å². The Morgan fingerprint density at radius 3 is 2.95 bits per heavy atom. The van der Waals surface area contributed by atoms with Gasteiger partial charge >= 0.3 is 0 Å². The number of nitrogens with zero attached hydrogens (tertiary/aromatic N) is 2. The highest BCUT2D eigenvalue weighted by Crippen LogP contribution is 2.16. The Morgan fingerprint density at radius 1 is 1.47 bits per heavy atom. The van der Waals surface area contributed by atoms with Crippen LogP contribution in [0.3, 0.4) is 0 Å². The average molecular weight is 282 g/mol. The molecular formula is C14H17ClFN3. The number of rotatable bonds is 5. The van der Waals surface area contributed by atoms with E-state index in [1.165, 1.54) is 6.07 Å². The molecule has 1 unspecified atom stereocenters. The summed E-state index contributed by atoms with van der Waals surface area (Å²) in [5.41, 5.74) is 7.41. The minimum atomic E-state index is -0.298. The zero-order valence-electron chi connectivity index (χ0n) is 10.8. The Labute approximate surface area is 117 Å². The number of aromatic nitrogens is 2. The van der Waals surface area contributed by atoms with Crippen LogP contribution >= 0.6 is 11.6 Å². The number of imidazole rings is 1. The molecule has 0 saturated heterocycles. The molecule has 1 aromatic heterocycles. The van der Waals surface area contributed by atoms with Crippen molar-refractivity contribution < 1.29 is 4.39 Å². The zero-order chi connectivity index (χ0) is 13.8. The molecule has 3 nitrogen and oxygen atoms in total. The van der Waals surface area contributed by atoms with E-state index in [2.05, 4.69) is 4.98 Å². The van der Waals surface area contributed by atoms with Gasteiger partial charge in [0.15, 0.2) is 0 Å². The maximum Gasteiger partial charge on any atom is 0.129 e. The molecule has 1 aromatic carbocycles. The quantitative estimate of drug-likeness (QED) is 0.915. The van der Waals surface area contributed by atoms with Crippen molar-refractivity contribution in [3.05, 3.63) is 52.8 Å². The van der Waals surface area contributed by atoms with Crippen LogP contribution in [0, 0.1) is 5.82 Å². The molecule has 0 aliphatic carbocycles. The van der Waals surface area contributed by atoms with Crippen LogP contribution in [0.1, 0.15) is 24.6 Å². The largest absolute Gasteiger partial charge is 0.333 e. The summed E-state index contributed by atoms with van der Waals surface area (Å²) in [7, 11) is 0. The van der Waals surface area contributed by atoms with E-state index in [1.54, 1.807) is 18.5 Å². The van der Waals surface area contributed by atoms with Crippen molar-refractivity contribution in [2.45, 2.75) is 32.4 Å². The van der Waals surface area contributed by atoms with Crippen LogP contribution in [0.5, 0.6) is 0 Å². The number of benzene rings is 1. The van der Waals surface area contributed by atoms with Crippen molar-refractivity contribution >= 4 is 11.6 Å². The van der Waals surface area contributed by atoms with E-state index in [-0.39, 0.29) is 11.9 Å². The SMILES string of the molecule is CCC(N)Cc1cn(Cc2ccc(Cl)cc2F)cn1. The predicted octanol–water partition coefficient (Wildman–Crippen LogP) is 3.00. The minimum Gasteiger partial charge on any atom is -0.333 e. The van der Waals surface area contributed by atoms with Gasteiger partial charge in [-0.25, -0.2) is 9.37 Å². The van der Waals surface area contributed by atoms with E-state index in [4.69, 9.17) is 17.3 Å². The van der Waals surface area contributed by atoms with Gasteiger partial charge < -0.3 is 10.3 Å². The smallest absolute Gasteiger partial charge is 0.129 e. The number of halogens is 2. The second-order valence-electron chi connectivity index (χ2n) is 4.65. The summed E-state index contributed by atoms with van der Waals surface area (Å²) < 4.78 is 15.5. The van der Waals surface area contributed by atoms with Gasteiger partial charge in [-0.15, -0.1) is 0 Å². The Balaban J connectivity index is 2.07. The molecule has 5 heteroatoms. The Kier molecular flexibility index (Phi) is 4.56. The fourth-order valence-corrected chi connectivity index (χ4v) is 2.02. The van der Waals surface area contributed by atoms with Crippen LogP contribution in [-0.2, 0) is 13.0 Å². The second-order valence-corrected chi connectivity index (χ2v) is 5.08. The summed E-state index contributed by atoms with van der Waals surface area (Å²) in [4.78, 5) is 4.28. The van der Waals surface area contributed by atoms with Gasteiger partial charge in [0.25, 0.3) is 0 Å². The third-order valence-corrected chi connectivity index (χ3v) is 3.29. The molecule has 2 aromatic rings. The number of hydrogen-bond acceptors (Lipinski definition) is 2. The molecule has 1 atom stereocenters. The van der Waals surface area contributed by atoms with Gasteiger partial charge in [-0.2, -0.15) is 0 Å². The molecule has 0 bridgehead atoms. The molecule has 0 aliphatic rings. The lowest BCUT2D eigenvalue weighted by molar-refractivity contribution is 0.599. The van der Waals surface area contributed by atoms with Gasteiger partial charge in [0.1, 0.15) is 5.82 Å². The van der Waals surface area contributed by atoms with E-state index >= 15 is 0 Å². The van der Waals surface area contributed by atoms with E-state index in [0.29, 0.717) is 17.1 Å². The van der Waals surface area contributed by atoms with Gasteiger partial charge in [0, 0.05) is 29.2 Å². The molecule has 19 heavy (non-hydrogen) atoms. The standard InChI is InChI=1S/C14H17ClFN3/c1-2-12(17)6-13-8-19(9-18-13)7-10-3-4-11(15)5-14(10)16/h3-5,8-9,12H,2,6-7,17H2,1H3.